The van der Waals surface area contributed by atoms with E-state index < -0.39 is 0 Å². The van der Waals surface area contributed by atoms with Crippen LogP contribution in [0, 0.1) is 0 Å². The SMILES string of the molecule is O=C(COc1ccc2ccccc2c1)N/N=C\C=C\c1ccco1. The molecule has 120 valence electrons. The Balaban J connectivity index is 1.46. The van der Waals surface area contributed by atoms with Crippen LogP contribution in [-0.2, 0) is 4.79 Å². The molecule has 1 heterocycles. The molecule has 5 nitrogen and oxygen atoms in total. The molecule has 1 N–H and O–H groups in total. The highest BCUT2D eigenvalue weighted by atomic mass is 16.5. The largest absolute Gasteiger partial charge is 0.484 e. The van der Waals surface area contributed by atoms with Crippen LogP contribution in [0.5, 0.6) is 5.75 Å². The summed E-state index contributed by atoms with van der Waals surface area (Å²) in [6.07, 6.45) is 6.46. The van der Waals surface area contributed by atoms with Crippen LogP contribution in [0.15, 0.2) is 76.5 Å². The van der Waals surface area contributed by atoms with Crippen molar-refractivity contribution < 1.29 is 13.9 Å². The number of carbonyl (C=O) groups is 1. The number of allylic oxidation sites excluding steroid dienone is 1. The van der Waals surface area contributed by atoms with Gasteiger partial charge in [-0.3, -0.25) is 4.79 Å². The summed E-state index contributed by atoms with van der Waals surface area (Å²) in [4.78, 5) is 11.7. The number of amides is 1. The molecule has 0 aliphatic carbocycles. The zero-order valence-corrected chi connectivity index (χ0v) is 12.9. The van der Waals surface area contributed by atoms with E-state index in [0.29, 0.717) is 11.5 Å². The van der Waals surface area contributed by atoms with Crippen molar-refractivity contribution in [2.24, 2.45) is 5.10 Å². The molecule has 2 aromatic carbocycles. The van der Waals surface area contributed by atoms with Crippen LogP contribution >= 0.6 is 0 Å². The van der Waals surface area contributed by atoms with Crippen LogP contribution in [0.4, 0.5) is 0 Å². The number of carbonyl (C=O) groups excluding carboxylic acids is 1. The maximum atomic E-state index is 11.7. The molecule has 1 amide bonds. The third kappa shape index (κ3) is 4.33. The van der Waals surface area contributed by atoms with Gasteiger partial charge in [0.1, 0.15) is 11.5 Å². The van der Waals surface area contributed by atoms with Crippen LogP contribution in [-0.4, -0.2) is 18.7 Å². The molecule has 0 unspecified atom stereocenters. The summed E-state index contributed by atoms with van der Waals surface area (Å²) in [5, 5.41) is 5.99. The summed E-state index contributed by atoms with van der Waals surface area (Å²) in [5.41, 5.74) is 2.39. The number of hydrogen-bond donors (Lipinski definition) is 1. The van der Waals surface area contributed by atoms with Crippen molar-refractivity contribution in [2.45, 2.75) is 0 Å². The van der Waals surface area contributed by atoms with Gasteiger partial charge in [0.25, 0.3) is 5.91 Å². The Hall–Kier alpha value is -3.34. The Morgan fingerprint density at radius 3 is 2.83 bits per heavy atom. The fourth-order valence-electron chi connectivity index (χ4n) is 2.11. The highest BCUT2D eigenvalue weighted by Gasteiger charge is 2.02. The van der Waals surface area contributed by atoms with Crippen molar-refractivity contribution in [1.29, 1.82) is 0 Å². The summed E-state index contributed by atoms with van der Waals surface area (Å²) in [6.45, 7) is -0.0996. The van der Waals surface area contributed by atoms with E-state index in [1.165, 1.54) is 6.21 Å². The van der Waals surface area contributed by atoms with Crippen LogP contribution < -0.4 is 10.2 Å². The molecule has 0 atom stereocenters. The topological polar surface area (TPSA) is 63.8 Å². The molecule has 0 saturated heterocycles. The summed E-state index contributed by atoms with van der Waals surface area (Å²) < 4.78 is 10.6. The van der Waals surface area contributed by atoms with E-state index in [4.69, 9.17) is 9.15 Å². The molecule has 1 aromatic heterocycles. The Labute approximate surface area is 139 Å². The number of nitrogens with zero attached hydrogens (tertiary/aromatic N) is 1. The zero-order valence-electron chi connectivity index (χ0n) is 12.9. The zero-order chi connectivity index (χ0) is 16.6. The third-order valence-corrected chi connectivity index (χ3v) is 3.24. The van der Waals surface area contributed by atoms with Crippen molar-refractivity contribution in [2.75, 3.05) is 6.61 Å². The Kier molecular flexibility index (Phi) is 5.04. The number of rotatable bonds is 6. The normalized spacial score (nSPS) is 11.3. The lowest BCUT2D eigenvalue weighted by Gasteiger charge is -2.06. The summed E-state index contributed by atoms with van der Waals surface area (Å²) in [5.74, 6) is 1.03. The number of ether oxygens (including phenoxy) is 1. The number of furan rings is 1. The van der Waals surface area contributed by atoms with Gasteiger partial charge in [0.15, 0.2) is 6.61 Å². The van der Waals surface area contributed by atoms with Gasteiger partial charge in [0, 0.05) is 6.21 Å². The maximum Gasteiger partial charge on any atom is 0.277 e. The minimum Gasteiger partial charge on any atom is -0.484 e. The second-order valence-corrected chi connectivity index (χ2v) is 4.99. The first kappa shape index (κ1) is 15.6. The van der Waals surface area contributed by atoms with Gasteiger partial charge in [0.05, 0.1) is 6.26 Å². The first-order valence-electron chi connectivity index (χ1n) is 7.45. The molecule has 5 heteroatoms. The average Bonchev–Trinajstić information content (AvgIpc) is 3.13. The lowest BCUT2D eigenvalue weighted by molar-refractivity contribution is -0.123. The summed E-state index contributed by atoms with van der Waals surface area (Å²) in [7, 11) is 0. The maximum absolute atomic E-state index is 11.7. The molecular formula is C19H16N2O3. The van der Waals surface area contributed by atoms with E-state index in [0.717, 1.165) is 10.8 Å². The second kappa shape index (κ2) is 7.78. The second-order valence-electron chi connectivity index (χ2n) is 4.99. The fourth-order valence-corrected chi connectivity index (χ4v) is 2.11. The first-order chi connectivity index (χ1) is 11.8. The van der Waals surface area contributed by atoms with Crippen LogP contribution in [0.25, 0.3) is 16.8 Å². The monoisotopic (exact) mass is 320 g/mol. The molecule has 0 spiro atoms. The van der Waals surface area contributed by atoms with E-state index in [-0.39, 0.29) is 12.5 Å². The van der Waals surface area contributed by atoms with Crippen molar-refractivity contribution in [3.8, 4) is 5.75 Å². The predicted molar refractivity (Wildman–Crippen MR) is 93.8 cm³/mol. The predicted octanol–water partition coefficient (Wildman–Crippen LogP) is 3.63. The van der Waals surface area contributed by atoms with Crippen LogP contribution in [0.3, 0.4) is 0 Å². The molecule has 0 aliphatic heterocycles. The van der Waals surface area contributed by atoms with E-state index >= 15 is 0 Å². The van der Waals surface area contributed by atoms with Gasteiger partial charge < -0.3 is 9.15 Å². The van der Waals surface area contributed by atoms with Gasteiger partial charge in [0.2, 0.25) is 0 Å². The lowest BCUT2D eigenvalue weighted by atomic mass is 10.1. The standard InChI is InChI=1S/C19H16N2O3/c22-19(21-20-11-3-7-17-8-4-12-23-17)14-24-18-10-9-15-5-1-2-6-16(15)13-18/h1-13H,14H2,(H,21,22)/b7-3+,20-11-. The van der Waals surface area contributed by atoms with Crippen molar-refractivity contribution in [3.63, 3.8) is 0 Å². The minimum atomic E-state index is -0.328. The molecule has 0 radical (unpaired) electrons. The fraction of sp³-hybridized carbons (Fsp3) is 0.0526. The van der Waals surface area contributed by atoms with Gasteiger partial charge >= 0.3 is 0 Å². The molecule has 24 heavy (non-hydrogen) atoms. The van der Waals surface area contributed by atoms with Crippen molar-refractivity contribution >= 4 is 29.0 Å². The molecule has 3 rings (SSSR count). The minimum absolute atomic E-state index is 0.0996. The quantitative estimate of drug-likeness (QED) is 0.557. The van der Waals surface area contributed by atoms with Gasteiger partial charge in [-0.05, 0) is 47.2 Å². The molecule has 0 aliphatic rings. The molecule has 0 fully saturated rings. The van der Waals surface area contributed by atoms with Crippen molar-refractivity contribution in [1.82, 2.24) is 5.43 Å². The van der Waals surface area contributed by atoms with E-state index in [2.05, 4.69) is 10.5 Å². The molecule has 3 aromatic rings. The van der Waals surface area contributed by atoms with Gasteiger partial charge in [-0.2, -0.15) is 5.10 Å². The lowest BCUT2D eigenvalue weighted by Crippen LogP contribution is -2.24. The van der Waals surface area contributed by atoms with Crippen molar-refractivity contribution in [3.05, 3.63) is 72.7 Å². The average molecular weight is 320 g/mol. The number of nitrogens with one attached hydrogen (secondary N) is 1. The third-order valence-electron chi connectivity index (χ3n) is 3.24. The summed E-state index contributed by atoms with van der Waals surface area (Å²) in [6, 6.07) is 17.3. The highest BCUT2D eigenvalue weighted by molar-refractivity contribution is 5.84. The number of benzene rings is 2. The van der Waals surface area contributed by atoms with E-state index in [1.807, 2.05) is 48.5 Å². The van der Waals surface area contributed by atoms with E-state index in [1.54, 1.807) is 24.5 Å². The number of hydrazone groups is 1. The number of fused-ring (bicyclic) bond motifs is 1. The Morgan fingerprint density at radius 2 is 2.00 bits per heavy atom. The Morgan fingerprint density at radius 1 is 1.12 bits per heavy atom. The Bertz CT molecular complexity index is 867. The van der Waals surface area contributed by atoms with Crippen LogP contribution in [0.1, 0.15) is 5.76 Å². The highest BCUT2D eigenvalue weighted by Crippen LogP contribution is 2.20. The first-order valence-corrected chi connectivity index (χ1v) is 7.45. The van der Waals surface area contributed by atoms with Crippen LogP contribution in [0.2, 0.25) is 0 Å². The smallest absolute Gasteiger partial charge is 0.277 e. The van der Waals surface area contributed by atoms with Gasteiger partial charge in [-0.1, -0.05) is 30.3 Å². The molecular weight excluding hydrogens is 304 g/mol. The van der Waals surface area contributed by atoms with E-state index in [9.17, 15) is 4.79 Å². The molecule has 0 bridgehead atoms. The summed E-state index contributed by atoms with van der Waals surface area (Å²) >= 11 is 0. The van der Waals surface area contributed by atoms with Gasteiger partial charge in [-0.15, -0.1) is 0 Å². The van der Waals surface area contributed by atoms with Gasteiger partial charge in [-0.25, -0.2) is 5.43 Å². The molecule has 0 saturated carbocycles. The number of hydrogen-bond acceptors (Lipinski definition) is 4.